The second-order valence-corrected chi connectivity index (χ2v) is 10.1. The molecule has 2 amide bonds. The van der Waals surface area contributed by atoms with Crippen LogP contribution < -0.4 is 5.32 Å². The number of ether oxygens (including phenoxy) is 1. The summed E-state index contributed by atoms with van der Waals surface area (Å²) in [4.78, 5) is 31.2. The molecule has 3 aliphatic rings. The molecule has 6 nitrogen and oxygen atoms in total. The largest absolute Gasteiger partial charge is 0.444 e. The summed E-state index contributed by atoms with van der Waals surface area (Å²) in [6, 6.07) is 0. The molecule has 2 unspecified atom stereocenters. The predicted octanol–water partition coefficient (Wildman–Crippen LogP) is 4.02. The van der Waals surface area contributed by atoms with E-state index in [1.165, 1.54) is 11.8 Å². The van der Waals surface area contributed by atoms with Crippen molar-refractivity contribution in [2.24, 2.45) is 10.9 Å². The molecule has 2 saturated heterocycles. The van der Waals surface area contributed by atoms with E-state index in [1.54, 1.807) is 4.90 Å². The first-order chi connectivity index (χ1) is 12.6. The van der Waals surface area contributed by atoms with Gasteiger partial charge in [0, 0.05) is 19.0 Å². The summed E-state index contributed by atoms with van der Waals surface area (Å²) in [6.45, 7) is 8.57. The fourth-order valence-electron chi connectivity index (χ4n) is 3.36. The summed E-state index contributed by atoms with van der Waals surface area (Å²) in [5.74, 6) is -0.0344. The number of carbonyl (C=O) groups excluding carboxylic acids is 2. The number of halogens is 1. The normalized spacial score (nSPS) is 30.3. The third-order valence-corrected chi connectivity index (χ3v) is 6.57. The quantitative estimate of drug-likeness (QED) is 0.744. The summed E-state index contributed by atoms with van der Waals surface area (Å²) in [7, 11) is 0. The zero-order valence-corrected chi connectivity index (χ0v) is 17.7. The first-order valence-corrected chi connectivity index (χ1v) is 10.4. The van der Waals surface area contributed by atoms with Crippen molar-refractivity contribution < 1.29 is 14.3 Å². The zero-order valence-electron chi connectivity index (χ0n) is 16.2. The van der Waals surface area contributed by atoms with Gasteiger partial charge in [-0.25, -0.2) is 9.79 Å². The first-order valence-electron chi connectivity index (χ1n) is 9.22. The van der Waals surface area contributed by atoms with Crippen molar-refractivity contribution >= 4 is 40.5 Å². The van der Waals surface area contributed by atoms with Crippen LogP contribution in [0.25, 0.3) is 0 Å². The number of likely N-dealkylation sites (tertiary alicyclic amines) is 1. The lowest BCUT2D eigenvalue weighted by molar-refractivity contribution is -0.122. The number of hydrogen-bond donors (Lipinski definition) is 1. The van der Waals surface area contributed by atoms with Crippen LogP contribution in [-0.4, -0.2) is 45.5 Å². The molecule has 148 valence electrons. The molecule has 0 radical (unpaired) electrons. The number of aliphatic imine (C=N–C) groups is 1. The number of carbonyl (C=O) groups is 2. The van der Waals surface area contributed by atoms with Gasteiger partial charge in [-0.05, 0) is 47.0 Å². The van der Waals surface area contributed by atoms with Gasteiger partial charge in [-0.2, -0.15) is 0 Å². The van der Waals surface area contributed by atoms with Gasteiger partial charge in [0.15, 0.2) is 5.17 Å². The van der Waals surface area contributed by atoms with E-state index in [2.05, 4.69) is 10.3 Å². The molecule has 2 heterocycles. The van der Waals surface area contributed by atoms with Crippen molar-refractivity contribution in [2.75, 3.05) is 13.1 Å². The highest BCUT2D eigenvalue weighted by molar-refractivity contribution is 8.16. The summed E-state index contributed by atoms with van der Waals surface area (Å²) < 4.78 is 4.79. The molecule has 8 heteroatoms. The van der Waals surface area contributed by atoms with Crippen LogP contribution in [0.5, 0.6) is 0 Å². The summed E-state index contributed by atoms with van der Waals surface area (Å²) in [6.07, 6.45) is 6.16. The van der Waals surface area contributed by atoms with Gasteiger partial charge in [0.2, 0.25) is 5.91 Å². The third-order valence-electron chi connectivity index (χ3n) is 4.89. The number of thioether (sulfide) groups is 1. The molecule has 3 rings (SSSR count). The average molecular weight is 412 g/mol. The summed E-state index contributed by atoms with van der Waals surface area (Å²) in [5, 5.41) is 4.07. The SMILES string of the molecule is CC(C)(C)OC(=O)N1CCC(C2(C)SC(=NC3=CCCC=C3Cl)NC2=O)C1. The van der Waals surface area contributed by atoms with Crippen LogP contribution >= 0.6 is 23.4 Å². The molecular formula is C19H26ClN3O3S. The molecular weight excluding hydrogens is 386 g/mol. The molecule has 2 atom stereocenters. The smallest absolute Gasteiger partial charge is 0.410 e. The van der Waals surface area contributed by atoms with Crippen molar-refractivity contribution in [1.29, 1.82) is 0 Å². The average Bonchev–Trinajstić information content (AvgIpc) is 3.15. The molecule has 2 aliphatic heterocycles. The van der Waals surface area contributed by atoms with E-state index in [9.17, 15) is 9.59 Å². The van der Waals surface area contributed by atoms with Crippen LogP contribution in [0.2, 0.25) is 0 Å². The van der Waals surface area contributed by atoms with Crippen LogP contribution in [0.15, 0.2) is 27.9 Å². The Morgan fingerprint density at radius 3 is 2.78 bits per heavy atom. The van der Waals surface area contributed by atoms with Gasteiger partial charge in [-0.15, -0.1) is 0 Å². The lowest BCUT2D eigenvalue weighted by atomic mass is 9.91. The fourth-order valence-corrected chi connectivity index (χ4v) is 4.78. The Bertz CT molecular complexity index is 741. The highest BCUT2D eigenvalue weighted by atomic mass is 35.5. The van der Waals surface area contributed by atoms with Gasteiger partial charge in [0.05, 0.1) is 10.7 Å². The number of amidine groups is 1. The molecule has 0 bridgehead atoms. The Morgan fingerprint density at radius 1 is 1.41 bits per heavy atom. The third kappa shape index (κ3) is 4.51. The number of hydrogen-bond acceptors (Lipinski definition) is 5. The second-order valence-electron chi connectivity index (χ2n) is 8.21. The number of rotatable bonds is 2. The molecule has 0 aromatic heterocycles. The molecule has 1 N–H and O–H groups in total. The molecule has 0 spiro atoms. The molecule has 0 aromatic carbocycles. The lowest BCUT2D eigenvalue weighted by Crippen LogP contribution is -2.43. The standard InChI is InChI=1S/C19H26ClN3O3S/c1-18(2,3)26-17(25)23-10-9-12(11-23)19(4)15(24)22-16(27-19)21-14-8-6-5-7-13(14)20/h7-8,12H,5-6,9-11H2,1-4H3,(H,21,22,24). The van der Waals surface area contributed by atoms with E-state index in [0.29, 0.717) is 29.0 Å². The van der Waals surface area contributed by atoms with Gasteiger partial charge in [0.25, 0.3) is 0 Å². The number of nitrogens with zero attached hydrogens (tertiary/aromatic N) is 2. The Balaban J connectivity index is 1.68. The summed E-state index contributed by atoms with van der Waals surface area (Å²) in [5.41, 5.74) is 0.176. The van der Waals surface area contributed by atoms with Crippen LogP contribution in [0.3, 0.4) is 0 Å². The zero-order chi connectivity index (χ0) is 19.8. The number of nitrogens with one attached hydrogen (secondary N) is 1. The van der Waals surface area contributed by atoms with E-state index in [-0.39, 0.29) is 17.9 Å². The molecule has 27 heavy (non-hydrogen) atoms. The highest BCUT2D eigenvalue weighted by Crippen LogP contribution is 2.43. The van der Waals surface area contributed by atoms with Gasteiger partial charge in [-0.3, -0.25) is 4.79 Å². The maximum atomic E-state index is 12.7. The van der Waals surface area contributed by atoms with E-state index in [1.807, 2.05) is 39.8 Å². The second kappa shape index (κ2) is 7.51. The molecule has 2 fully saturated rings. The van der Waals surface area contributed by atoms with Crippen molar-refractivity contribution in [3.63, 3.8) is 0 Å². The summed E-state index contributed by atoms with van der Waals surface area (Å²) >= 11 is 7.63. The Hall–Kier alpha value is -1.47. The molecule has 1 aliphatic carbocycles. The minimum Gasteiger partial charge on any atom is -0.444 e. The maximum absolute atomic E-state index is 12.7. The van der Waals surface area contributed by atoms with Crippen LogP contribution in [0.1, 0.15) is 47.0 Å². The maximum Gasteiger partial charge on any atom is 0.410 e. The van der Waals surface area contributed by atoms with Crippen molar-refractivity contribution in [2.45, 2.75) is 57.3 Å². The minimum absolute atomic E-state index is 0.0362. The van der Waals surface area contributed by atoms with Crippen molar-refractivity contribution in [3.8, 4) is 0 Å². The topological polar surface area (TPSA) is 71.0 Å². The highest BCUT2D eigenvalue weighted by Gasteiger charge is 2.51. The van der Waals surface area contributed by atoms with E-state index >= 15 is 0 Å². The van der Waals surface area contributed by atoms with E-state index in [0.717, 1.165) is 19.3 Å². The predicted molar refractivity (Wildman–Crippen MR) is 109 cm³/mol. The van der Waals surface area contributed by atoms with Crippen molar-refractivity contribution in [1.82, 2.24) is 10.2 Å². The van der Waals surface area contributed by atoms with Crippen molar-refractivity contribution in [3.05, 3.63) is 22.9 Å². The first kappa shape index (κ1) is 20.3. The Labute approximate surface area is 169 Å². The monoisotopic (exact) mass is 411 g/mol. The fraction of sp³-hybridized carbons (Fsp3) is 0.632. The van der Waals surface area contributed by atoms with Gasteiger partial charge in [0.1, 0.15) is 10.3 Å². The van der Waals surface area contributed by atoms with E-state index < -0.39 is 10.3 Å². The van der Waals surface area contributed by atoms with Gasteiger partial charge < -0.3 is 15.0 Å². The Kier molecular flexibility index (Phi) is 5.64. The molecule has 0 saturated carbocycles. The van der Waals surface area contributed by atoms with Crippen LogP contribution in [-0.2, 0) is 9.53 Å². The minimum atomic E-state index is -0.666. The number of allylic oxidation sites excluding steroid dienone is 3. The lowest BCUT2D eigenvalue weighted by Gasteiger charge is -2.28. The molecule has 0 aromatic rings. The van der Waals surface area contributed by atoms with Gasteiger partial charge >= 0.3 is 6.09 Å². The van der Waals surface area contributed by atoms with E-state index in [4.69, 9.17) is 16.3 Å². The van der Waals surface area contributed by atoms with Crippen LogP contribution in [0.4, 0.5) is 4.79 Å². The van der Waals surface area contributed by atoms with Gasteiger partial charge in [-0.1, -0.05) is 35.5 Å². The Morgan fingerprint density at radius 2 is 2.11 bits per heavy atom. The number of amides is 2. The van der Waals surface area contributed by atoms with Crippen LogP contribution in [0, 0.1) is 5.92 Å².